The van der Waals surface area contributed by atoms with Crippen molar-refractivity contribution in [2.45, 2.75) is 43.7 Å². The molecule has 4 rings (SSSR count). The van der Waals surface area contributed by atoms with Crippen LogP contribution in [0, 0.1) is 6.92 Å². The molecule has 32 heavy (non-hydrogen) atoms. The number of carboxylic acid groups (broad SMARTS) is 1. The van der Waals surface area contributed by atoms with Gasteiger partial charge in [-0.3, -0.25) is 9.69 Å². The lowest BCUT2D eigenvalue weighted by Gasteiger charge is -2.26. The quantitative estimate of drug-likeness (QED) is 0.719. The van der Waals surface area contributed by atoms with Gasteiger partial charge in [-0.15, -0.1) is 0 Å². The zero-order chi connectivity index (χ0) is 22.9. The fourth-order valence-electron chi connectivity index (χ4n) is 4.44. The van der Waals surface area contributed by atoms with Crippen LogP contribution in [0.3, 0.4) is 0 Å². The van der Waals surface area contributed by atoms with E-state index in [0.29, 0.717) is 24.3 Å². The molecule has 2 aromatic carbocycles. The van der Waals surface area contributed by atoms with Crippen LogP contribution < -0.4 is 4.90 Å². The van der Waals surface area contributed by atoms with E-state index in [9.17, 15) is 23.1 Å². The largest absolute Gasteiger partial charge is 0.465 e. The molecule has 8 nitrogen and oxygen atoms in total. The van der Waals surface area contributed by atoms with E-state index in [2.05, 4.69) is 0 Å². The van der Waals surface area contributed by atoms with E-state index < -0.39 is 22.2 Å². The predicted octanol–water partition coefficient (Wildman–Crippen LogP) is 3.07. The summed E-state index contributed by atoms with van der Waals surface area (Å²) in [6, 6.07) is 13.7. The molecule has 2 heterocycles. The van der Waals surface area contributed by atoms with Gasteiger partial charge < -0.3 is 10.0 Å². The molecule has 2 aliphatic heterocycles. The van der Waals surface area contributed by atoms with E-state index in [1.54, 1.807) is 30.0 Å². The average Bonchev–Trinajstić information content (AvgIpc) is 3.43. The first kappa shape index (κ1) is 22.3. The summed E-state index contributed by atoms with van der Waals surface area (Å²) in [6.45, 7) is 3.22. The molecule has 0 saturated carbocycles. The zero-order valence-corrected chi connectivity index (χ0v) is 18.8. The molecular formula is C23H27N3O5S. The molecule has 0 unspecified atom stereocenters. The Morgan fingerprint density at radius 3 is 2.44 bits per heavy atom. The fraction of sp³-hybridized carbons (Fsp3) is 0.391. The van der Waals surface area contributed by atoms with Crippen LogP contribution >= 0.6 is 0 Å². The van der Waals surface area contributed by atoms with Crippen LogP contribution in [0.25, 0.3) is 0 Å². The minimum atomic E-state index is -3.55. The van der Waals surface area contributed by atoms with Crippen molar-refractivity contribution in [2.24, 2.45) is 0 Å². The van der Waals surface area contributed by atoms with Gasteiger partial charge in [-0.25, -0.2) is 13.2 Å². The van der Waals surface area contributed by atoms with Gasteiger partial charge >= 0.3 is 6.09 Å². The molecule has 2 fully saturated rings. The SMILES string of the molecule is Cc1cc(N2C[C@H](N(Cc3ccccc3)C(=O)O)CC2=O)ccc1S(=O)(=O)N1CCCC1. The molecule has 0 aliphatic carbocycles. The lowest BCUT2D eigenvalue weighted by Crippen LogP contribution is -2.40. The third-order valence-corrected chi connectivity index (χ3v) is 8.20. The monoisotopic (exact) mass is 457 g/mol. The first-order valence-corrected chi connectivity index (χ1v) is 12.2. The van der Waals surface area contributed by atoms with Crippen LogP contribution in [0.2, 0.25) is 0 Å². The Bertz CT molecular complexity index is 1110. The third kappa shape index (κ3) is 4.35. The first-order valence-electron chi connectivity index (χ1n) is 10.7. The zero-order valence-electron chi connectivity index (χ0n) is 18.0. The Morgan fingerprint density at radius 1 is 1.12 bits per heavy atom. The van der Waals surface area contributed by atoms with Gasteiger partial charge in [0.05, 0.1) is 10.9 Å². The molecule has 2 aliphatic rings. The molecular weight excluding hydrogens is 430 g/mol. The number of nitrogens with zero attached hydrogens (tertiary/aromatic N) is 3. The van der Waals surface area contributed by atoms with E-state index in [1.165, 1.54) is 9.21 Å². The molecule has 9 heteroatoms. The van der Waals surface area contributed by atoms with Crippen molar-refractivity contribution in [2.75, 3.05) is 24.5 Å². The fourth-order valence-corrected chi connectivity index (χ4v) is 6.16. The molecule has 0 bridgehead atoms. The van der Waals surface area contributed by atoms with Crippen LogP contribution in [-0.2, 0) is 21.4 Å². The van der Waals surface area contributed by atoms with Gasteiger partial charge in [0, 0.05) is 38.3 Å². The molecule has 0 spiro atoms. The average molecular weight is 458 g/mol. The van der Waals surface area contributed by atoms with Gasteiger partial charge in [-0.1, -0.05) is 30.3 Å². The van der Waals surface area contributed by atoms with Gasteiger partial charge in [0.25, 0.3) is 0 Å². The second-order valence-corrected chi connectivity index (χ2v) is 10.2. The summed E-state index contributed by atoms with van der Waals surface area (Å²) in [5.74, 6) is -0.177. The van der Waals surface area contributed by atoms with Crippen molar-refractivity contribution in [3.63, 3.8) is 0 Å². The highest BCUT2D eigenvalue weighted by Gasteiger charge is 2.37. The second-order valence-electron chi connectivity index (χ2n) is 8.32. The summed E-state index contributed by atoms with van der Waals surface area (Å²) in [5, 5.41) is 9.74. The highest BCUT2D eigenvalue weighted by Crippen LogP contribution is 2.30. The highest BCUT2D eigenvalue weighted by molar-refractivity contribution is 7.89. The van der Waals surface area contributed by atoms with Crippen LogP contribution in [0.15, 0.2) is 53.4 Å². The summed E-state index contributed by atoms with van der Waals surface area (Å²) < 4.78 is 27.3. The van der Waals surface area contributed by atoms with Crippen molar-refractivity contribution in [3.05, 3.63) is 59.7 Å². The number of aryl methyl sites for hydroxylation is 1. The molecule has 1 atom stereocenters. The number of rotatable bonds is 6. The summed E-state index contributed by atoms with van der Waals surface area (Å²) in [5.41, 5.74) is 2.01. The number of carbonyl (C=O) groups excluding carboxylic acids is 1. The first-order chi connectivity index (χ1) is 15.3. The predicted molar refractivity (Wildman–Crippen MR) is 120 cm³/mol. The van der Waals surface area contributed by atoms with E-state index in [1.807, 2.05) is 30.3 Å². The van der Waals surface area contributed by atoms with Crippen LogP contribution in [0.5, 0.6) is 0 Å². The normalized spacial score (nSPS) is 19.5. The van der Waals surface area contributed by atoms with E-state index >= 15 is 0 Å². The van der Waals surface area contributed by atoms with Crippen molar-refractivity contribution in [1.82, 2.24) is 9.21 Å². The van der Waals surface area contributed by atoms with Crippen LogP contribution in [0.4, 0.5) is 10.5 Å². The maximum Gasteiger partial charge on any atom is 0.407 e. The number of benzene rings is 2. The second kappa shape index (κ2) is 8.91. The Kier molecular flexibility index (Phi) is 6.21. The standard InChI is InChI=1S/C23H27N3O5S/c1-17-13-19(9-10-21(17)32(30,31)24-11-5-6-12-24)25-16-20(14-22(25)27)26(23(28)29)15-18-7-3-2-4-8-18/h2-4,7-10,13,20H,5-6,11-12,14-16H2,1H3,(H,28,29)/t20-/m1/s1. The molecule has 0 radical (unpaired) electrons. The van der Waals surface area contributed by atoms with E-state index in [4.69, 9.17) is 0 Å². The lowest BCUT2D eigenvalue weighted by molar-refractivity contribution is -0.117. The number of hydrogen-bond acceptors (Lipinski definition) is 4. The third-order valence-electron chi connectivity index (χ3n) is 6.14. The van der Waals surface area contributed by atoms with Gasteiger partial charge in [0.1, 0.15) is 0 Å². The molecule has 2 amide bonds. The maximum absolute atomic E-state index is 12.9. The number of carbonyl (C=O) groups is 2. The molecule has 1 N–H and O–H groups in total. The Balaban J connectivity index is 1.53. The number of amides is 2. The van der Waals surface area contributed by atoms with Gasteiger partial charge in [-0.2, -0.15) is 4.31 Å². The minimum Gasteiger partial charge on any atom is -0.465 e. The van der Waals surface area contributed by atoms with Gasteiger partial charge in [-0.05, 0) is 49.1 Å². The summed E-state index contributed by atoms with van der Waals surface area (Å²) >= 11 is 0. The van der Waals surface area contributed by atoms with Crippen molar-refractivity contribution in [1.29, 1.82) is 0 Å². The van der Waals surface area contributed by atoms with Crippen LogP contribution in [-0.4, -0.2) is 60.4 Å². The maximum atomic E-state index is 12.9. The Hall–Kier alpha value is -2.91. The number of hydrogen-bond donors (Lipinski definition) is 1. The van der Waals surface area contributed by atoms with Gasteiger partial charge in [0.15, 0.2) is 0 Å². The van der Waals surface area contributed by atoms with Crippen LogP contribution in [0.1, 0.15) is 30.4 Å². The molecule has 170 valence electrons. The molecule has 2 aromatic rings. The number of sulfonamides is 1. The number of anilines is 1. The Morgan fingerprint density at radius 2 is 1.81 bits per heavy atom. The van der Waals surface area contributed by atoms with E-state index in [0.717, 1.165) is 18.4 Å². The smallest absolute Gasteiger partial charge is 0.407 e. The van der Waals surface area contributed by atoms with Crippen molar-refractivity contribution < 1.29 is 23.1 Å². The summed E-state index contributed by atoms with van der Waals surface area (Å²) in [7, 11) is -3.55. The molecule has 0 aromatic heterocycles. The van der Waals surface area contributed by atoms with Crippen molar-refractivity contribution in [3.8, 4) is 0 Å². The minimum absolute atomic E-state index is 0.0893. The summed E-state index contributed by atoms with van der Waals surface area (Å²) in [6.07, 6.45) is 0.745. The summed E-state index contributed by atoms with van der Waals surface area (Å²) in [4.78, 5) is 27.7. The highest BCUT2D eigenvalue weighted by atomic mass is 32.2. The van der Waals surface area contributed by atoms with Crippen molar-refractivity contribution >= 4 is 27.7 Å². The lowest BCUT2D eigenvalue weighted by atomic mass is 10.1. The van der Waals surface area contributed by atoms with Gasteiger partial charge in [0.2, 0.25) is 15.9 Å². The van der Waals surface area contributed by atoms with E-state index in [-0.39, 0.29) is 30.3 Å². The topological polar surface area (TPSA) is 98.2 Å². The molecule has 2 saturated heterocycles. The Labute approximate surface area is 188 Å².